The SMILES string of the molecule is C=CCS(=O)(=O)CC#N. The Bertz CT molecular complexity index is 222. The van der Waals surface area contributed by atoms with Gasteiger partial charge < -0.3 is 0 Å². The molecule has 0 amide bonds. The highest BCUT2D eigenvalue weighted by Gasteiger charge is 2.04. The third-order valence-electron chi connectivity index (χ3n) is 0.656. The zero-order valence-corrected chi connectivity index (χ0v) is 5.69. The van der Waals surface area contributed by atoms with E-state index in [-0.39, 0.29) is 5.75 Å². The first kappa shape index (κ1) is 8.18. The van der Waals surface area contributed by atoms with E-state index in [0.717, 1.165) is 0 Å². The minimum atomic E-state index is -3.16. The van der Waals surface area contributed by atoms with E-state index in [1.54, 1.807) is 6.07 Å². The zero-order chi connectivity index (χ0) is 7.33. The molecule has 0 heterocycles. The summed E-state index contributed by atoms with van der Waals surface area (Å²) in [5, 5.41) is 7.97. The van der Waals surface area contributed by atoms with E-state index in [9.17, 15) is 8.42 Å². The lowest BCUT2D eigenvalue weighted by Gasteiger charge is -1.89. The first-order valence-electron chi connectivity index (χ1n) is 2.30. The van der Waals surface area contributed by atoms with Crippen molar-refractivity contribution in [1.29, 1.82) is 5.26 Å². The summed E-state index contributed by atoms with van der Waals surface area (Å²) in [7, 11) is -3.16. The van der Waals surface area contributed by atoms with Crippen LogP contribution in [0.4, 0.5) is 0 Å². The summed E-state index contributed by atoms with van der Waals surface area (Å²) >= 11 is 0. The summed E-state index contributed by atoms with van der Waals surface area (Å²) in [6, 6.07) is 1.56. The van der Waals surface area contributed by atoms with Crippen LogP contribution in [0.3, 0.4) is 0 Å². The maximum Gasteiger partial charge on any atom is 0.167 e. The normalized spacial score (nSPS) is 10.1. The van der Waals surface area contributed by atoms with Gasteiger partial charge in [0.05, 0.1) is 11.8 Å². The number of nitrogens with zero attached hydrogens (tertiary/aromatic N) is 1. The van der Waals surface area contributed by atoms with Gasteiger partial charge in [0, 0.05) is 0 Å². The minimum Gasteiger partial charge on any atom is -0.227 e. The van der Waals surface area contributed by atoms with E-state index in [2.05, 4.69) is 6.58 Å². The third kappa shape index (κ3) is 3.74. The summed E-state index contributed by atoms with van der Waals surface area (Å²) < 4.78 is 21.1. The van der Waals surface area contributed by atoms with E-state index >= 15 is 0 Å². The molecule has 4 heteroatoms. The van der Waals surface area contributed by atoms with Gasteiger partial charge in [0.25, 0.3) is 0 Å². The van der Waals surface area contributed by atoms with Crippen molar-refractivity contribution in [2.24, 2.45) is 0 Å². The minimum absolute atomic E-state index is 0.111. The van der Waals surface area contributed by atoms with Crippen molar-refractivity contribution in [2.75, 3.05) is 11.5 Å². The highest BCUT2D eigenvalue weighted by Crippen LogP contribution is 1.87. The molecule has 0 unspecified atom stereocenters. The summed E-state index contributed by atoms with van der Waals surface area (Å²) in [5.41, 5.74) is 0. The van der Waals surface area contributed by atoms with Crippen molar-refractivity contribution in [3.8, 4) is 6.07 Å². The first-order chi connectivity index (χ1) is 4.12. The molecule has 0 radical (unpaired) electrons. The second-order valence-electron chi connectivity index (χ2n) is 1.50. The van der Waals surface area contributed by atoms with Gasteiger partial charge in [0.1, 0.15) is 5.75 Å². The van der Waals surface area contributed by atoms with Gasteiger partial charge in [-0.3, -0.25) is 0 Å². The first-order valence-corrected chi connectivity index (χ1v) is 4.13. The second-order valence-corrected chi connectivity index (χ2v) is 3.61. The summed E-state index contributed by atoms with van der Waals surface area (Å²) in [5.74, 6) is -0.528. The molecule has 0 aromatic rings. The zero-order valence-electron chi connectivity index (χ0n) is 4.87. The van der Waals surface area contributed by atoms with Gasteiger partial charge in [-0.25, -0.2) is 8.42 Å². The Morgan fingerprint density at radius 3 is 2.56 bits per heavy atom. The van der Waals surface area contributed by atoms with Crippen LogP contribution >= 0.6 is 0 Å². The fourth-order valence-corrected chi connectivity index (χ4v) is 1.01. The highest BCUT2D eigenvalue weighted by molar-refractivity contribution is 7.91. The van der Waals surface area contributed by atoms with Crippen molar-refractivity contribution < 1.29 is 8.42 Å². The van der Waals surface area contributed by atoms with Crippen LogP contribution in [0.25, 0.3) is 0 Å². The Morgan fingerprint density at radius 1 is 1.67 bits per heavy atom. The fraction of sp³-hybridized carbons (Fsp3) is 0.400. The van der Waals surface area contributed by atoms with E-state index in [0.29, 0.717) is 0 Å². The van der Waals surface area contributed by atoms with Gasteiger partial charge in [-0.05, 0) is 0 Å². The molecule has 0 aliphatic rings. The Labute approximate surface area is 54.5 Å². The molecular formula is C5H7NO2S. The average molecular weight is 145 g/mol. The molecule has 0 spiro atoms. The molecule has 0 aromatic heterocycles. The quantitative estimate of drug-likeness (QED) is 0.529. The molecule has 0 saturated heterocycles. The highest BCUT2D eigenvalue weighted by atomic mass is 32.2. The topological polar surface area (TPSA) is 57.9 Å². The van der Waals surface area contributed by atoms with Crippen molar-refractivity contribution in [3.63, 3.8) is 0 Å². The molecule has 9 heavy (non-hydrogen) atoms. The molecule has 0 saturated carbocycles. The van der Waals surface area contributed by atoms with Crippen LogP contribution in [0, 0.1) is 11.3 Å². The maximum atomic E-state index is 10.5. The molecule has 0 rings (SSSR count). The molecule has 0 aliphatic heterocycles. The van der Waals surface area contributed by atoms with Crippen molar-refractivity contribution in [3.05, 3.63) is 12.7 Å². The van der Waals surface area contributed by atoms with Crippen LogP contribution in [-0.4, -0.2) is 19.9 Å². The molecular weight excluding hydrogens is 138 g/mol. The maximum absolute atomic E-state index is 10.5. The molecule has 3 nitrogen and oxygen atoms in total. The fourth-order valence-electron chi connectivity index (χ4n) is 0.337. The predicted octanol–water partition coefficient (Wildman–Crippen LogP) is 0.111. The van der Waals surface area contributed by atoms with E-state index in [4.69, 9.17) is 5.26 Å². The number of hydrogen-bond donors (Lipinski definition) is 0. The lowest BCUT2D eigenvalue weighted by Crippen LogP contribution is -2.06. The Kier molecular flexibility index (Phi) is 2.96. The van der Waals surface area contributed by atoms with Gasteiger partial charge in [-0.1, -0.05) is 6.08 Å². The standard InChI is InChI=1S/C5H7NO2S/c1-2-4-9(7,8)5-3-6/h2H,1,4-5H2. The smallest absolute Gasteiger partial charge is 0.167 e. The van der Waals surface area contributed by atoms with Crippen molar-refractivity contribution >= 4 is 9.84 Å². The molecule has 0 fully saturated rings. The Balaban J connectivity index is 4.08. The van der Waals surface area contributed by atoms with Gasteiger partial charge in [-0.2, -0.15) is 5.26 Å². The third-order valence-corrected chi connectivity index (χ3v) is 1.97. The summed E-state index contributed by atoms with van der Waals surface area (Å²) in [6.07, 6.45) is 1.27. The van der Waals surface area contributed by atoms with Gasteiger partial charge in [-0.15, -0.1) is 6.58 Å². The molecule has 0 bridgehead atoms. The molecule has 0 aromatic carbocycles. The number of nitriles is 1. The summed E-state index contributed by atoms with van der Waals surface area (Å²) in [6.45, 7) is 3.24. The number of rotatable bonds is 3. The number of hydrogen-bond acceptors (Lipinski definition) is 3. The van der Waals surface area contributed by atoms with Crippen molar-refractivity contribution in [1.82, 2.24) is 0 Å². The van der Waals surface area contributed by atoms with Crippen LogP contribution in [0.15, 0.2) is 12.7 Å². The van der Waals surface area contributed by atoms with E-state index in [1.165, 1.54) is 6.08 Å². The van der Waals surface area contributed by atoms with Gasteiger partial charge in [0.15, 0.2) is 9.84 Å². The Hall–Kier alpha value is -0.820. The average Bonchev–Trinajstić information content (AvgIpc) is 1.64. The molecule has 0 N–H and O–H groups in total. The second kappa shape index (κ2) is 3.25. The van der Waals surface area contributed by atoms with Crippen LogP contribution in [0.5, 0.6) is 0 Å². The van der Waals surface area contributed by atoms with Crippen LogP contribution in [-0.2, 0) is 9.84 Å². The lowest BCUT2D eigenvalue weighted by molar-refractivity contribution is 0.602. The van der Waals surface area contributed by atoms with Crippen LogP contribution in [0.1, 0.15) is 0 Å². The molecule has 50 valence electrons. The Morgan fingerprint density at radius 2 is 2.22 bits per heavy atom. The van der Waals surface area contributed by atoms with Crippen LogP contribution in [0.2, 0.25) is 0 Å². The molecule has 0 atom stereocenters. The van der Waals surface area contributed by atoms with E-state index in [1.807, 2.05) is 0 Å². The van der Waals surface area contributed by atoms with Crippen molar-refractivity contribution in [2.45, 2.75) is 0 Å². The summed E-state index contributed by atoms with van der Waals surface area (Å²) in [4.78, 5) is 0. The molecule has 0 aliphatic carbocycles. The van der Waals surface area contributed by atoms with Gasteiger partial charge >= 0.3 is 0 Å². The largest absolute Gasteiger partial charge is 0.227 e. The van der Waals surface area contributed by atoms with Gasteiger partial charge in [0.2, 0.25) is 0 Å². The predicted molar refractivity (Wildman–Crippen MR) is 34.5 cm³/mol. The number of sulfone groups is 1. The van der Waals surface area contributed by atoms with Crippen LogP contribution < -0.4 is 0 Å². The van der Waals surface area contributed by atoms with E-state index < -0.39 is 15.6 Å². The lowest BCUT2D eigenvalue weighted by atomic mass is 10.8. The monoisotopic (exact) mass is 145 g/mol.